The van der Waals surface area contributed by atoms with E-state index in [1.807, 2.05) is 0 Å². The van der Waals surface area contributed by atoms with E-state index in [9.17, 15) is 14.7 Å². The molecule has 0 atom stereocenters. The Labute approximate surface area is 98.7 Å². The van der Waals surface area contributed by atoms with Crippen molar-refractivity contribution in [1.29, 1.82) is 0 Å². The number of rotatable bonds is 2. The van der Waals surface area contributed by atoms with Crippen molar-refractivity contribution in [2.45, 2.75) is 13.8 Å². The number of carbonyl (C=O) groups excluding carboxylic acids is 2. The predicted molar refractivity (Wildman–Crippen MR) is 64.1 cm³/mol. The van der Waals surface area contributed by atoms with Crippen LogP contribution in [0.25, 0.3) is 10.8 Å². The van der Waals surface area contributed by atoms with Gasteiger partial charge in [0.25, 0.3) is 0 Å². The Hall–Kier alpha value is -2.16. The van der Waals surface area contributed by atoms with Crippen molar-refractivity contribution >= 4 is 22.3 Å². The molecule has 1 radical (unpaired) electrons. The lowest BCUT2D eigenvalue weighted by atomic mass is 9.98. The molecule has 0 aliphatic heterocycles. The Kier molecular flexibility index (Phi) is 2.68. The molecule has 2 aromatic rings. The van der Waals surface area contributed by atoms with Crippen LogP contribution in [-0.2, 0) is 5.11 Å². The molecule has 0 aliphatic rings. The van der Waals surface area contributed by atoms with Gasteiger partial charge in [-0.3, -0.25) is 14.7 Å². The third-order valence-electron chi connectivity index (χ3n) is 2.73. The van der Waals surface area contributed by atoms with Crippen molar-refractivity contribution in [2.75, 3.05) is 0 Å². The molecule has 0 unspecified atom stereocenters. The summed E-state index contributed by atoms with van der Waals surface area (Å²) in [6.45, 7) is 2.84. The Balaban J connectivity index is 2.85. The van der Waals surface area contributed by atoms with Crippen molar-refractivity contribution in [1.82, 2.24) is 0 Å². The van der Waals surface area contributed by atoms with Crippen LogP contribution >= 0.6 is 0 Å². The highest BCUT2D eigenvalue weighted by Crippen LogP contribution is 2.30. The third kappa shape index (κ3) is 1.91. The number of hydrogen-bond acceptors (Lipinski definition) is 2. The minimum absolute atomic E-state index is 0.150. The summed E-state index contributed by atoms with van der Waals surface area (Å²) in [7, 11) is 0. The molecule has 2 aromatic carbocycles. The number of Topliss-reactive ketones (excluding diaryl/α,β-unsaturated/α-hetero) is 2. The maximum atomic E-state index is 11.9. The van der Waals surface area contributed by atoms with E-state index < -0.39 is 0 Å². The molecule has 0 bridgehead atoms. The lowest BCUT2D eigenvalue weighted by molar-refractivity contribution is 0.101. The summed E-state index contributed by atoms with van der Waals surface area (Å²) in [4.78, 5) is 22.7. The van der Waals surface area contributed by atoms with E-state index in [4.69, 9.17) is 0 Å². The lowest BCUT2D eigenvalue weighted by Crippen LogP contribution is -1.96. The van der Waals surface area contributed by atoms with Crippen molar-refractivity contribution in [3.8, 4) is 5.75 Å². The van der Waals surface area contributed by atoms with E-state index in [2.05, 4.69) is 0 Å². The average Bonchev–Trinajstić information content (AvgIpc) is 2.27. The van der Waals surface area contributed by atoms with Crippen LogP contribution in [0.4, 0.5) is 0 Å². The van der Waals surface area contributed by atoms with Gasteiger partial charge in [0.15, 0.2) is 17.3 Å². The molecule has 0 fully saturated rings. The van der Waals surface area contributed by atoms with E-state index in [0.29, 0.717) is 21.9 Å². The Morgan fingerprint density at radius 1 is 1.00 bits per heavy atom. The van der Waals surface area contributed by atoms with Crippen LogP contribution in [0.3, 0.4) is 0 Å². The number of ketones is 2. The highest BCUT2D eigenvalue weighted by atomic mass is 16.3. The van der Waals surface area contributed by atoms with Crippen LogP contribution in [0.2, 0.25) is 0 Å². The van der Waals surface area contributed by atoms with Gasteiger partial charge in [0.2, 0.25) is 0 Å². The van der Waals surface area contributed by atoms with Gasteiger partial charge < -0.3 is 0 Å². The second kappa shape index (κ2) is 4.01. The second-order valence-electron chi connectivity index (χ2n) is 3.99. The zero-order chi connectivity index (χ0) is 12.6. The van der Waals surface area contributed by atoms with Crippen LogP contribution in [0.5, 0.6) is 5.75 Å². The number of carbonyl (C=O) groups is 2. The molecule has 3 nitrogen and oxygen atoms in total. The predicted octanol–water partition coefficient (Wildman–Crippen LogP) is 3.39. The molecule has 0 spiro atoms. The first-order valence-electron chi connectivity index (χ1n) is 5.26. The molecule has 3 heteroatoms. The summed E-state index contributed by atoms with van der Waals surface area (Å²) >= 11 is 0. The molecule has 2 rings (SSSR count). The molecule has 0 saturated heterocycles. The summed E-state index contributed by atoms with van der Waals surface area (Å²) in [5.74, 6) is -0.584. The van der Waals surface area contributed by atoms with Gasteiger partial charge in [-0.05, 0) is 31.4 Å². The summed E-state index contributed by atoms with van der Waals surface area (Å²) in [5, 5.41) is 13.0. The standard InChI is InChI=1S/C14H11O3/c1-8(15)11-6-10-4-3-5-12(9(2)16)14(10)13(17)7-11/h3-7H,1-2H3. The van der Waals surface area contributed by atoms with E-state index in [0.717, 1.165) is 0 Å². The van der Waals surface area contributed by atoms with Crippen LogP contribution < -0.4 is 0 Å². The highest BCUT2D eigenvalue weighted by Gasteiger charge is 2.13. The number of benzene rings is 2. The van der Waals surface area contributed by atoms with Crippen LogP contribution in [0.15, 0.2) is 30.3 Å². The quantitative estimate of drug-likeness (QED) is 0.738. The molecule has 0 heterocycles. The summed E-state index contributed by atoms with van der Waals surface area (Å²) in [6.07, 6.45) is 0. The van der Waals surface area contributed by atoms with Crippen LogP contribution in [0, 0.1) is 0 Å². The number of hydrogen-bond donors (Lipinski definition) is 0. The van der Waals surface area contributed by atoms with Crippen LogP contribution in [0.1, 0.15) is 34.6 Å². The molecule has 0 amide bonds. The topological polar surface area (TPSA) is 54.0 Å². The first-order valence-corrected chi connectivity index (χ1v) is 5.26. The minimum atomic E-state index is -0.279. The van der Waals surface area contributed by atoms with E-state index in [1.165, 1.54) is 19.9 Å². The summed E-state index contributed by atoms with van der Waals surface area (Å²) < 4.78 is 0. The second-order valence-corrected chi connectivity index (χ2v) is 3.99. The SMILES string of the molecule is CC(=O)c1cc([O])c2c(C(C)=O)cccc2c1. The van der Waals surface area contributed by atoms with Gasteiger partial charge in [-0.15, -0.1) is 0 Å². The largest absolute Gasteiger partial charge is 0.295 e. The van der Waals surface area contributed by atoms with Gasteiger partial charge >= 0.3 is 0 Å². The molecular weight excluding hydrogens is 216 g/mol. The molecule has 0 aliphatic carbocycles. The van der Waals surface area contributed by atoms with Gasteiger partial charge in [0, 0.05) is 16.5 Å². The first kappa shape index (κ1) is 11.3. The Morgan fingerprint density at radius 3 is 2.29 bits per heavy atom. The Morgan fingerprint density at radius 2 is 1.71 bits per heavy atom. The zero-order valence-corrected chi connectivity index (χ0v) is 9.61. The average molecular weight is 227 g/mol. The third-order valence-corrected chi connectivity index (χ3v) is 2.73. The molecule has 0 saturated carbocycles. The maximum Gasteiger partial charge on any atom is 0.187 e. The number of fused-ring (bicyclic) bond motifs is 1. The van der Waals surface area contributed by atoms with Crippen molar-refractivity contribution in [3.05, 3.63) is 41.5 Å². The summed E-state index contributed by atoms with van der Waals surface area (Å²) in [5.41, 5.74) is 0.783. The fourth-order valence-electron chi connectivity index (χ4n) is 1.88. The van der Waals surface area contributed by atoms with Crippen LogP contribution in [-0.4, -0.2) is 11.6 Å². The van der Waals surface area contributed by atoms with Crippen molar-refractivity contribution in [2.24, 2.45) is 0 Å². The normalized spacial score (nSPS) is 10.5. The highest BCUT2D eigenvalue weighted by molar-refractivity contribution is 6.11. The first-order chi connectivity index (χ1) is 8.00. The molecule has 0 N–H and O–H groups in total. The molecular formula is C14H11O3. The minimum Gasteiger partial charge on any atom is -0.295 e. The molecule has 17 heavy (non-hydrogen) atoms. The van der Waals surface area contributed by atoms with Gasteiger partial charge in [0.1, 0.15) is 0 Å². The Bertz CT molecular complexity index is 627. The van der Waals surface area contributed by atoms with Gasteiger partial charge in [-0.2, -0.15) is 0 Å². The van der Waals surface area contributed by atoms with Crippen molar-refractivity contribution < 1.29 is 14.7 Å². The van der Waals surface area contributed by atoms with Gasteiger partial charge in [-0.1, -0.05) is 18.2 Å². The lowest BCUT2D eigenvalue weighted by Gasteiger charge is -2.06. The monoisotopic (exact) mass is 227 g/mol. The molecule has 0 aromatic heterocycles. The van der Waals surface area contributed by atoms with Gasteiger partial charge in [-0.25, -0.2) is 0 Å². The fraction of sp³-hybridized carbons (Fsp3) is 0.143. The van der Waals surface area contributed by atoms with Crippen molar-refractivity contribution in [3.63, 3.8) is 0 Å². The maximum absolute atomic E-state index is 11.9. The van der Waals surface area contributed by atoms with E-state index >= 15 is 0 Å². The fourth-order valence-corrected chi connectivity index (χ4v) is 1.88. The summed E-state index contributed by atoms with van der Waals surface area (Å²) in [6, 6.07) is 8.00. The van der Waals surface area contributed by atoms with E-state index in [1.54, 1.807) is 24.3 Å². The van der Waals surface area contributed by atoms with Gasteiger partial charge in [0.05, 0.1) is 0 Å². The smallest absolute Gasteiger partial charge is 0.187 e. The zero-order valence-electron chi connectivity index (χ0n) is 9.61. The molecule has 85 valence electrons. The van der Waals surface area contributed by atoms with E-state index in [-0.39, 0.29) is 17.3 Å².